The summed E-state index contributed by atoms with van der Waals surface area (Å²) in [5, 5.41) is 20.1. The van der Waals surface area contributed by atoms with Crippen molar-refractivity contribution in [3.8, 4) is 0 Å². The quantitative estimate of drug-likeness (QED) is 0.631. The molecule has 0 radical (unpaired) electrons. The second-order valence-corrected chi connectivity index (χ2v) is 7.48. The van der Waals surface area contributed by atoms with E-state index in [2.05, 4.69) is 55.9 Å². The highest BCUT2D eigenvalue weighted by molar-refractivity contribution is 7.07. The van der Waals surface area contributed by atoms with Crippen molar-refractivity contribution < 1.29 is 0 Å². The van der Waals surface area contributed by atoms with Gasteiger partial charge >= 0.3 is 0 Å². The molecule has 2 aromatic heterocycles. The summed E-state index contributed by atoms with van der Waals surface area (Å²) in [6.45, 7) is 1.09. The van der Waals surface area contributed by atoms with E-state index >= 15 is 0 Å². The van der Waals surface area contributed by atoms with Gasteiger partial charge in [0.15, 0.2) is 0 Å². The van der Waals surface area contributed by atoms with Crippen LogP contribution in [0.5, 0.6) is 0 Å². The molecular weight excluding hydrogens is 316 g/mol. The molecule has 1 aliphatic rings. The third-order valence-corrected chi connectivity index (χ3v) is 5.70. The average molecular weight is 340 g/mol. The van der Waals surface area contributed by atoms with Crippen LogP contribution in [0.25, 0.3) is 10.9 Å². The summed E-state index contributed by atoms with van der Waals surface area (Å²) in [4.78, 5) is 0. The third-order valence-electron chi connectivity index (χ3n) is 4.96. The predicted octanol–water partition coefficient (Wildman–Crippen LogP) is 4.18. The summed E-state index contributed by atoms with van der Waals surface area (Å²) in [6.07, 6.45) is 8.02. The molecule has 3 aromatic rings. The lowest BCUT2D eigenvalue weighted by atomic mass is 9.91. The first-order chi connectivity index (χ1) is 11.9. The van der Waals surface area contributed by atoms with Crippen molar-refractivity contribution in [3.63, 3.8) is 0 Å². The molecule has 24 heavy (non-hydrogen) atoms. The van der Waals surface area contributed by atoms with Gasteiger partial charge in [0.05, 0.1) is 11.7 Å². The van der Waals surface area contributed by atoms with E-state index in [1.807, 2.05) is 6.20 Å². The number of fused-ring (bicyclic) bond motifs is 1. The smallest absolute Gasteiger partial charge is 0.0651 e. The number of aromatic nitrogens is 2. The van der Waals surface area contributed by atoms with Gasteiger partial charge in [-0.25, -0.2) is 0 Å². The SMILES string of the molecule is c1cc(CCNC2CCC(Nc3ccc4[nH]ncc4c3)CC2)cs1. The Hall–Kier alpha value is -1.85. The second-order valence-electron chi connectivity index (χ2n) is 6.70. The molecule has 0 spiro atoms. The van der Waals surface area contributed by atoms with Crippen molar-refractivity contribution in [1.82, 2.24) is 15.5 Å². The summed E-state index contributed by atoms with van der Waals surface area (Å²) in [7, 11) is 0. The number of hydrogen-bond donors (Lipinski definition) is 3. The zero-order chi connectivity index (χ0) is 16.2. The van der Waals surface area contributed by atoms with E-state index in [9.17, 15) is 0 Å². The topological polar surface area (TPSA) is 52.7 Å². The van der Waals surface area contributed by atoms with Crippen LogP contribution in [0.2, 0.25) is 0 Å². The van der Waals surface area contributed by atoms with E-state index in [-0.39, 0.29) is 0 Å². The Labute approximate surface area is 146 Å². The van der Waals surface area contributed by atoms with Crippen molar-refractivity contribution in [1.29, 1.82) is 0 Å². The van der Waals surface area contributed by atoms with Gasteiger partial charge in [-0.1, -0.05) is 0 Å². The average Bonchev–Trinajstić information content (AvgIpc) is 3.27. The van der Waals surface area contributed by atoms with Crippen LogP contribution in [0.4, 0.5) is 5.69 Å². The van der Waals surface area contributed by atoms with E-state index in [1.165, 1.54) is 42.3 Å². The first-order valence-corrected chi connectivity index (χ1v) is 9.75. The molecule has 2 heterocycles. The van der Waals surface area contributed by atoms with Gasteiger partial charge < -0.3 is 10.6 Å². The van der Waals surface area contributed by atoms with E-state index in [0.29, 0.717) is 12.1 Å². The fourth-order valence-electron chi connectivity index (χ4n) is 3.57. The monoisotopic (exact) mass is 340 g/mol. The van der Waals surface area contributed by atoms with Crippen LogP contribution >= 0.6 is 11.3 Å². The van der Waals surface area contributed by atoms with Gasteiger partial charge in [-0.05, 0) is 79.2 Å². The minimum atomic E-state index is 0.587. The van der Waals surface area contributed by atoms with Crippen molar-refractivity contribution in [3.05, 3.63) is 46.8 Å². The summed E-state index contributed by atoms with van der Waals surface area (Å²) in [5.74, 6) is 0. The normalized spacial score (nSPS) is 21.2. The number of H-pyrrole nitrogens is 1. The van der Waals surface area contributed by atoms with Gasteiger partial charge in [0.25, 0.3) is 0 Å². The van der Waals surface area contributed by atoms with Crippen LogP contribution in [0, 0.1) is 0 Å². The van der Waals surface area contributed by atoms with Crippen LogP contribution in [0.15, 0.2) is 41.2 Å². The van der Waals surface area contributed by atoms with Crippen molar-refractivity contribution in [2.75, 3.05) is 11.9 Å². The Morgan fingerprint density at radius 1 is 1.12 bits per heavy atom. The molecule has 4 nitrogen and oxygen atoms in total. The Balaban J connectivity index is 1.22. The van der Waals surface area contributed by atoms with E-state index in [0.717, 1.165) is 18.5 Å². The van der Waals surface area contributed by atoms with Gasteiger partial charge in [-0.3, -0.25) is 5.10 Å². The minimum absolute atomic E-state index is 0.587. The number of nitrogens with zero attached hydrogens (tertiary/aromatic N) is 1. The van der Waals surface area contributed by atoms with Crippen LogP contribution < -0.4 is 10.6 Å². The zero-order valence-electron chi connectivity index (χ0n) is 13.8. The number of hydrogen-bond acceptors (Lipinski definition) is 4. The van der Waals surface area contributed by atoms with Gasteiger partial charge in [0.1, 0.15) is 0 Å². The highest BCUT2D eigenvalue weighted by atomic mass is 32.1. The fourth-order valence-corrected chi connectivity index (χ4v) is 4.27. The van der Waals surface area contributed by atoms with Crippen LogP contribution in [-0.4, -0.2) is 28.8 Å². The van der Waals surface area contributed by atoms with E-state index in [4.69, 9.17) is 0 Å². The molecule has 0 unspecified atom stereocenters. The lowest BCUT2D eigenvalue weighted by Crippen LogP contribution is -2.37. The molecule has 1 saturated carbocycles. The standard InChI is InChI=1S/C19H24N4S/c1-3-17(22-18-5-6-19-15(11-18)12-21-23-19)4-2-16(1)20-9-7-14-8-10-24-13-14/h5-6,8,10-13,16-17,20,22H,1-4,7,9H2,(H,21,23). The molecular formula is C19H24N4S. The highest BCUT2D eigenvalue weighted by Gasteiger charge is 2.20. The maximum Gasteiger partial charge on any atom is 0.0651 e. The lowest BCUT2D eigenvalue weighted by molar-refractivity contribution is 0.356. The number of thiophene rings is 1. The van der Waals surface area contributed by atoms with E-state index < -0.39 is 0 Å². The third kappa shape index (κ3) is 3.79. The molecule has 5 heteroatoms. The molecule has 0 bridgehead atoms. The lowest BCUT2D eigenvalue weighted by Gasteiger charge is -2.30. The number of nitrogens with one attached hydrogen (secondary N) is 3. The predicted molar refractivity (Wildman–Crippen MR) is 102 cm³/mol. The largest absolute Gasteiger partial charge is 0.382 e. The van der Waals surface area contributed by atoms with Crippen LogP contribution in [-0.2, 0) is 6.42 Å². The molecule has 1 aromatic carbocycles. The maximum atomic E-state index is 4.09. The molecule has 4 rings (SSSR count). The molecule has 1 fully saturated rings. The Morgan fingerprint density at radius 3 is 2.83 bits per heavy atom. The van der Waals surface area contributed by atoms with Gasteiger partial charge in [0, 0.05) is 23.2 Å². The second kappa shape index (κ2) is 7.36. The fraction of sp³-hybridized carbons (Fsp3) is 0.421. The Kier molecular flexibility index (Phi) is 4.81. The van der Waals surface area contributed by atoms with Gasteiger partial charge in [0.2, 0.25) is 0 Å². The number of benzene rings is 1. The van der Waals surface area contributed by atoms with Crippen LogP contribution in [0.1, 0.15) is 31.2 Å². The Morgan fingerprint density at radius 2 is 2.00 bits per heavy atom. The van der Waals surface area contributed by atoms with Crippen molar-refractivity contribution >= 4 is 27.9 Å². The van der Waals surface area contributed by atoms with Crippen molar-refractivity contribution in [2.45, 2.75) is 44.2 Å². The molecule has 0 amide bonds. The summed E-state index contributed by atoms with van der Waals surface area (Å²) >= 11 is 1.79. The first-order valence-electron chi connectivity index (χ1n) is 8.81. The number of aromatic amines is 1. The number of rotatable bonds is 6. The molecule has 0 atom stereocenters. The van der Waals surface area contributed by atoms with Crippen molar-refractivity contribution in [2.24, 2.45) is 0 Å². The molecule has 0 saturated heterocycles. The molecule has 126 valence electrons. The van der Waals surface area contributed by atoms with E-state index in [1.54, 1.807) is 11.3 Å². The van der Waals surface area contributed by atoms with Crippen LogP contribution in [0.3, 0.4) is 0 Å². The summed E-state index contributed by atoms with van der Waals surface area (Å²) in [5.41, 5.74) is 3.76. The Bertz CT molecular complexity index is 757. The summed E-state index contributed by atoms with van der Waals surface area (Å²) < 4.78 is 0. The van der Waals surface area contributed by atoms with Gasteiger partial charge in [-0.2, -0.15) is 16.4 Å². The molecule has 3 N–H and O–H groups in total. The highest BCUT2D eigenvalue weighted by Crippen LogP contribution is 2.24. The first kappa shape index (κ1) is 15.7. The zero-order valence-corrected chi connectivity index (χ0v) is 14.6. The molecule has 1 aliphatic carbocycles. The molecule has 0 aliphatic heterocycles. The minimum Gasteiger partial charge on any atom is -0.382 e. The van der Waals surface area contributed by atoms with Gasteiger partial charge in [-0.15, -0.1) is 0 Å². The number of anilines is 1. The maximum absolute atomic E-state index is 4.09. The summed E-state index contributed by atoms with van der Waals surface area (Å²) in [6, 6.07) is 9.92.